The second kappa shape index (κ2) is 7.82. The minimum absolute atomic E-state index is 0.00249. The van der Waals surface area contributed by atoms with E-state index in [-0.39, 0.29) is 10.6 Å². The van der Waals surface area contributed by atoms with Crippen LogP contribution in [0.5, 0.6) is 5.75 Å². The van der Waals surface area contributed by atoms with E-state index in [4.69, 9.17) is 9.84 Å². The van der Waals surface area contributed by atoms with Gasteiger partial charge in [-0.25, -0.2) is 17.6 Å². The Morgan fingerprint density at radius 2 is 1.75 bits per heavy atom. The number of benzene rings is 3. The standard InChI is InChI=1S/C21H17FO5S/c1-14-7-9-19(27-13-21(23)24)17(11-14)15-8-10-20(18(22)12-15)28(25,26)16-5-3-2-4-6-16/h2-12H,13H2,1H3,(H,23,24). The first-order valence-corrected chi connectivity index (χ1v) is 9.82. The lowest BCUT2D eigenvalue weighted by atomic mass is 10.0. The summed E-state index contributed by atoms with van der Waals surface area (Å²) in [6.07, 6.45) is 0. The third-order valence-electron chi connectivity index (χ3n) is 4.07. The largest absolute Gasteiger partial charge is 0.481 e. The second-order valence-electron chi connectivity index (χ2n) is 6.14. The number of ether oxygens (including phenoxy) is 1. The molecular formula is C21H17FO5S. The lowest BCUT2D eigenvalue weighted by Crippen LogP contribution is -2.10. The Balaban J connectivity index is 2.04. The predicted octanol–water partition coefficient (Wildman–Crippen LogP) is 4.10. The lowest BCUT2D eigenvalue weighted by Gasteiger charge is -2.13. The van der Waals surface area contributed by atoms with Gasteiger partial charge in [0.1, 0.15) is 16.5 Å². The first-order chi connectivity index (χ1) is 13.3. The summed E-state index contributed by atoms with van der Waals surface area (Å²) in [6.45, 7) is 1.29. The average Bonchev–Trinajstić information content (AvgIpc) is 2.67. The van der Waals surface area contributed by atoms with Crippen LogP contribution in [0.3, 0.4) is 0 Å². The Morgan fingerprint density at radius 1 is 1.04 bits per heavy atom. The van der Waals surface area contributed by atoms with E-state index in [0.29, 0.717) is 11.1 Å². The number of sulfone groups is 1. The number of rotatable bonds is 6. The maximum atomic E-state index is 14.7. The van der Waals surface area contributed by atoms with E-state index in [9.17, 15) is 17.6 Å². The number of hydrogen-bond donors (Lipinski definition) is 1. The third-order valence-corrected chi connectivity index (χ3v) is 5.88. The number of carbonyl (C=O) groups is 1. The van der Waals surface area contributed by atoms with Crippen LogP contribution < -0.4 is 4.74 Å². The molecule has 0 atom stereocenters. The van der Waals surface area contributed by atoms with Crippen molar-refractivity contribution in [2.24, 2.45) is 0 Å². The van der Waals surface area contributed by atoms with E-state index < -0.39 is 33.1 Å². The van der Waals surface area contributed by atoms with Gasteiger partial charge in [0, 0.05) is 5.56 Å². The molecule has 0 aliphatic carbocycles. The van der Waals surface area contributed by atoms with Crippen molar-refractivity contribution in [1.29, 1.82) is 0 Å². The number of halogens is 1. The van der Waals surface area contributed by atoms with E-state index in [1.165, 1.54) is 24.3 Å². The molecule has 0 amide bonds. The molecule has 7 heteroatoms. The molecule has 0 unspecified atom stereocenters. The summed E-state index contributed by atoms with van der Waals surface area (Å²) in [5.41, 5.74) is 1.72. The first-order valence-electron chi connectivity index (χ1n) is 8.34. The fraction of sp³-hybridized carbons (Fsp3) is 0.0952. The maximum absolute atomic E-state index is 14.7. The van der Waals surface area contributed by atoms with Gasteiger partial charge in [-0.3, -0.25) is 0 Å². The molecule has 28 heavy (non-hydrogen) atoms. The third kappa shape index (κ3) is 4.04. The minimum Gasteiger partial charge on any atom is -0.481 e. The van der Waals surface area contributed by atoms with Crippen molar-refractivity contribution in [3.05, 3.63) is 78.1 Å². The van der Waals surface area contributed by atoms with Gasteiger partial charge in [-0.1, -0.05) is 35.9 Å². The molecule has 5 nitrogen and oxygen atoms in total. The SMILES string of the molecule is Cc1ccc(OCC(=O)O)c(-c2ccc(S(=O)(=O)c3ccccc3)c(F)c2)c1. The van der Waals surface area contributed by atoms with Crippen LogP contribution in [-0.4, -0.2) is 26.1 Å². The zero-order chi connectivity index (χ0) is 20.3. The van der Waals surface area contributed by atoms with Crippen LogP contribution in [0.4, 0.5) is 4.39 Å². The molecule has 3 rings (SSSR count). The summed E-state index contributed by atoms with van der Waals surface area (Å²) in [5.74, 6) is -1.76. The Labute approximate surface area is 162 Å². The van der Waals surface area contributed by atoms with Gasteiger partial charge in [-0.15, -0.1) is 0 Å². The van der Waals surface area contributed by atoms with E-state index in [2.05, 4.69) is 0 Å². The molecular weight excluding hydrogens is 383 g/mol. The average molecular weight is 400 g/mol. The Kier molecular flexibility index (Phi) is 5.46. The van der Waals surface area contributed by atoms with Crippen molar-refractivity contribution in [3.8, 4) is 16.9 Å². The highest BCUT2D eigenvalue weighted by Crippen LogP contribution is 2.34. The quantitative estimate of drug-likeness (QED) is 0.674. The number of hydrogen-bond acceptors (Lipinski definition) is 4. The molecule has 0 aromatic heterocycles. The summed E-state index contributed by atoms with van der Waals surface area (Å²) in [6, 6.07) is 16.5. The van der Waals surface area contributed by atoms with Gasteiger partial charge in [0.15, 0.2) is 6.61 Å². The molecule has 0 spiro atoms. The summed E-state index contributed by atoms with van der Waals surface area (Å²) in [4.78, 5) is 10.4. The fourth-order valence-corrected chi connectivity index (χ4v) is 4.08. The molecule has 0 fully saturated rings. The van der Waals surface area contributed by atoms with Gasteiger partial charge in [-0.2, -0.15) is 0 Å². The molecule has 0 bridgehead atoms. The molecule has 0 aliphatic rings. The second-order valence-corrected chi connectivity index (χ2v) is 8.06. The smallest absolute Gasteiger partial charge is 0.341 e. The van der Waals surface area contributed by atoms with Gasteiger partial charge in [-0.05, 0) is 48.9 Å². The summed E-state index contributed by atoms with van der Waals surface area (Å²) in [7, 11) is -3.99. The van der Waals surface area contributed by atoms with E-state index in [1.807, 2.05) is 6.92 Å². The fourth-order valence-electron chi connectivity index (χ4n) is 2.75. The highest BCUT2D eigenvalue weighted by molar-refractivity contribution is 7.91. The van der Waals surface area contributed by atoms with Crippen LogP contribution in [0.25, 0.3) is 11.1 Å². The van der Waals surface area contributed by atoms with E-state index in [1.54, 1.807) is 36.4 Å². The topological polar surface area (TPSA) is 80.7 Å². The van der Waals surface area contributed by atoms with Crippen LogP contribution >= 0.6 is 0 Å². The van der Waals surface area contributed by atoms with Gasteiger partial charge in [0.2, 0.25) is 9.84 Å². The zero-order valence-electron chi connectivity index (χ0n) is 14.9. The first kappa shape index (κ1) is 19.6. The van der Waals surface area contributed by atoms with Gasteiger partial charge in [0.25, 0.3) is 0 Å². The molecule has 3 aromatic carbocycles. The summed E-state index contributed by atoms with van der Waals surface area (Å²) < 4.78 is 45.4. The van der Waals surface area contributed by atoms with Crippen molar-refractivity contribution in [2.75, 3.05) is 6.61 Å². The number of aryl methyl sites for hydroxylation is 1. The Bertz CT molecular complexity index is 1120. The minimum atomic E-state index is -3.99. The molecule has 144 valence electrons. The number of aliphatic carboxylic acids is 1. The monoisotopic (exact) mass is 400 g/mol. The van der Waals surface area contributed by atoms with Crippen molar-refractivity contribution >= 4 is 15.8 Å². The molecule has 1 N–H and O–H groups in total. The predicted molar refractivity (Wildman–Crippen MR) is 102 cm³/mol. The summed E-state index contributed by atoms with van der Waals surface area (Å²) >= 11 is 0. The molecule has 3 aromatic rings. The Morgan fingerprint density at radius 3 is 2.39 bits per heavy atom. The van der Waals surface area contributed by atoms with Crippen LogP contribution in [0.15, 0.2) is 76.5 Å². The molecule has 0 aliphatic heterocycles. The molecule has 0 saturated heterocycles. The zero-order valence-corrected chi connectivity index (χ0v) is 15.7. The van der Waals surface area contributed by atoms with Gasteiger partial charge in [0.05, 0.1) is 4.90 Å². The van der Waals surface area contributed by atoms with Crippen molar-refractivity contribution in [3.63, 3.8) is 0 Å². The van der Waals surface area contributed by atoms with Crippen LogP contribution in [0, 0.1) is 12.7 Å². The molecule has 0 heterocycles. The highest BCUT2D eigenvalue weighted by atomic mass is 32.2. The van der Waals surface area contributed by atoms with Crippen molar-refractivity contribution < 1.29 is 27.4 Å². The van der Waals surface area contributed by atoms with E-state index >= 15 is 0 Å². The van der Waals surface area contributed by atoms with E-state index in [0.717, 1.165) is 11.6 Å². The number of carboxylic acid groups (broad SMARTS) is 1. The summed E-state index contributed by atoms with van der Waals surface area (Å²) in [5, 5.41) is 8.82. The normalized spacial score (nSPS) is 11.2. The number of carboxylic acids is 1. The highest BCUT2D eigenvalue weighted by Gasteiger charge is 2.22. The Hall–Kier alpha value is -3.19. The molecule has 0 saturated carbocycles. The van der Waals surface area contributed by atoms with Crippen LogP contribution in [0.1, 0.15) is 5.56 Å². The van der Waals surface area contributed by atoms with Crippen LogP contribution in [-0.2, 0) is 14.6 Å². The van der Waals surface area contributed by atoms with Crippen molar-refractivity contribution in [2.45, 2.75) is 16.7 Å². The maximum Gasteiger partial charge on any atom is 0.341 e. The van der Waals surface area contributed by atoms with Gasteiger partial charge < -0.3 is 9.84 Å². The van der Waals surface area contributed by atoms with Crippen molar-refractivity contribution in [1.82, 2.24) is 0 Å². The van der Waals surface area contributed by atoms with Gasteiger partial charge >= 0.3 is 5.97 Å². The van der Waals surface area contributed by atoms with Crippen LogP contribution in [0.2, 0.25) is 0 Å². The molecule has 0 radical (unpaired) electrons. The lowest BCUT2D eigenvalue weighted by molar-refractivity contribution is -0.139.